The SMILES string of the molecule is C=CCCC(C(=O)NC)N1Cc2cc(CCC3CCCCN3Cc3cnn(CC(C)C)c3)ccc2C1=C. The normalized spacial score (nSPS) is 18.8. The smallest absolute Gasteiger partial charge is 0.242 e. The third-order valence-electron chi connectivity index (χ3n) is 7.88. The molecular weight excluding hydrogens is 458 g/mol. The highest BCUT2D eigenvalue weighted by molar-refractivity contribution is 5.84. The van der Waals surface area contributed by atoms with Gasteiger partial charge in [0, 0.05) is 55.7 Å². The van der Waals surface area contributed by atoms with E-state index in [1.165, 1.54) is 54.5 Å². The molecule has 4 rings (SSSR count). The second-order valence-corrected chi connectivity index (χ2v) is 11.2. The predicted octanol–water partition coefficient (Wildman–Crippen LogP) is 5.39. The molecule has 1 aromatic carbocycles. The Hall–Kier alpha value is -2.86. The van der Waals surface area contributed by atoms with E-state index in [4.69, 9.17) is 0 Å². The fraction of sp³-hybridized carbons (Fsp3) is 0.548. The van der Waals surface area contributed by atoms with Gasteiger partial charge >= 0.3 is 0 Å². The summed E-state index contributed by atoms with van der Waals surface area (Å²) in [5, 5.41) is 7.41. The molecule has 6 heteroatoms. The van der Waals surface area contributed by atoms with Gasteiger partial charge in [0.15, 0.2) is 0 Å². The van der Waals surface area contributed by atoms with Gasteiger partial charge in [-0.05, 0) is 62.1 Å². The van der Waals surface area contributed by atoms with Gasteiger partial charge in [-0.15, -0.1) is 6.58 Å². The number of nitrogens with one attached hydrogen (secondary N) is 1. The van der Waals surface area contributed by atoms with Crippen molar-refractivity contribution >= 4 is 11.6 Å². The molecular formula is C31H45N5O. The Bertz CT molecular complexity index is 1090. The van der Waals surface area contributed by atoms with Gasteiger partial charge in [-0.3, -0.25) is 14.4 Å². The van der Waals surface area contributed by atoms with Crippen molar-refractivity contribution in [1.82, 2.24) is 24.9 Å². The van der Waals surface area contributed by atoms with Crippen molar-refractivity contribution in [3.8, 4) is 0 Å². The topological polar surface area (TPSA) is 53.4 Å². The number of benzene rings is 1. The number of aryl methyl sites for hydroxylation is 1. The summed E-state index contributed by atoms with van der Waals surface area (Å²) in [6, 6.07) is 7.21. The van der Waals surface area contributed by atoms with Crippen LogP contribution in [0, 0.1) is 5.92 Å². The van der Waals surface area contributed by atoms with Gasteiger partial charge in [-0.25, -0.2) is 0 Å². The molecule has 1 N–H and O–H groups in total. The molecule has 0 aliphatic carbocycles. The van der Waals surface area contributed by atoms with Crippen LogP contribution in [0.3, 0.4) is 0 Å². The lowest BCUT2D eigenvalue weighted by Crippen LogP contribution is -2.42. The maximum absolute atomic E-state index is 12.6. The molecule has 6 nitrogen and oxygen atoms in total. The van der Waals surface area contributed by atoms with E-state index in [-0.39, 0.29) is 11.9 Å². The zero-order valence-electron chi connectivity index (χ0n) is 23.1. The number of carbonyl (C=O) groups is 1. The van der Waals surface area contributed by atoms with Gasteiger partial charge in [0.25, 0.3) is 0 Å². The number of amides is 1. The number of piperidine rings is 1. The second-order valence-electron chi connectivity index (χ2n) is 11.2. The second kappa shape index (κ2) is 12.6. The number of likely N-dealkylation sites (N-methyl/N-ethyl adjacent to an activating group) is 1. The van der Waals surface area contributed by atoms with E-state index < -0.39 is 0 Å². The summed E-state index contributed by atoms with van der Waals surface area (Å²) < 4.78 is 2.09. The number of nitrogens with zero attached hydrogens (tertiary/aromatic N) is 4. The van der Waals surface area contributed by atoms with E-state index >= 15 is 0 Å². The van der Waals surface area contributed by atoms with Crippen molar-refractivity contribution in [1.29, 1.82) is 0 Å². The maximum Gasteiger partial charge on any atom is 0.242 e. The zero-order valence-corrected chi connectivity index (χ0v) is 23.1. The summed E-state index contributed by atoms with van der Waals surface area (Å²) in [4.78, 5) is 17.5. The molecule has 2 aliphatic rings. The van der Waals surface area contributed by atoms with E-state index in [0.717, 1.165) is 44.6 Å². The van der Waals surface area contributed by atoms with Crippen molar-refractivity contribution in [3.63, 3.8) is 0 Å². The van der Waals surface area contributed by atoms with Crippen molar-refractivity contribution < 1.29 is 4.79 Å². The summed E-state index contributed by atoms with van der Waals surface area (Å²) >= 11 is 0. The largest absolute Gasteiger partial charge is 0.357 e. The lowest BCUT2D eigenvalue weighted by molar-refractivity contribution is -0.125. The maximum atomic E-state index is 12.6. The number of rotatable bonds is 12. The monoisotopic (exact) mass is 503 g/mol. The summed E-state index contributed by atoms with van der Waals surface area (Å²) in [6.45, 7) is 16.5. The minimum absolute atomic E-state index is 0.0446. The van der Waals surface area contributed by atoms with Crippen LogP contribution >= 0.6 is 0 Å². The number of fused-ring (bicyclic) bond motifs is 1. The summed E-state index contributed by atoms with van der Waals surface area (Å²) in [7, 11) is 1.71. The number of likely N-dealkylation sites (tertiary alicyclic amines) is 1. The first kappa shape index (κ1) is 27.2. The van der Waals surface area contributed by atoms with Gasteiger partial charge in [-0.1, -0.05) is 51.1 Å². The summed E-state index contributed by atoms with van der Waals surface area (Å²) in [5.74, 6) is 0.650. The lowest BCUT2D eigenvalue weighted by atomic mass is 9.94. The Morgan fingerprint density at radius 2 is 2.11 bits per heavy atom. The third-order valence-corrected chi connectivity index (χ3v) is 7.88. The van der Waals surface area contributed by atoms with E-state index in [9.17, 15) is 4.79 Å². The zero-order chi connectivity index (χ0) is 26.4. The Kier molecular flexibility index (Phi) is 9.25. The minimum atomic E-state index is -0.216. The Balaban J connectivity index is 1.38. The average Bonchev–Trinajstić information content (AvgIpc) is 3.46. The van der Waals surface area contributed by atoms with Crippen molar-refractivity contribution in [2.75, 3.05) is 13.6 Å². The first-order chi connectivity index (χ1) is 17.9. The average molecular weight is 504 g/mol. The summed E-state index contributed by atoms with van der Waals surface area (Å²) in [6.07, 6.45) is 13.8. The van der Waals surface area contributed by atoms with Crippen LogP contribution in [0.1, 0.15) is 74.6 Å². The molecule has 1 amide bonds. The van der Waals surface area contributed by atoms with Gasteiger partial charge in [0.2, 0.25) is 5.91 Å². The quantitative estimate of drug-likeness (QED) is 0.395. The highest BCUT2D eigenvalue weighted by Gasteiger charge is 2.32. The van der Waals surface area contributed by atoms with Crippen LogP contribution in [0.15, 0.2) is 49.8 Å². The molecule has 0 saturated carbocycles. The molecule has 2 aliphatic heterocycles. The number of carbonyl (C=O) groups excluding carboxylic acids is 1. The van der Waals surface area contributed by atoms with Gasteiger partial charge in [0.1, 0.15) is 6.04 Å². The Morgan fingerprint density at radius 3 is 2.86 bits per heavy atom. The molecule has 2 unspecified atom stereocenters. The number of hydrogen-bond donors (Lipinski definition) is 1. The fourth-order valence-corrected chi connectivity index (χ4v) is 5.94. The molecule has 37 heavy (non-hydrogen) atoms. The predicted molar refractivity (Wildman–Crippen MR) is 152 cm³/mol. The highest BCUT2D eigenvalue weighted by Crippen LogP contribution is 2.35. The molecule has 2 aromatic rings. The molecule has 2 atom stereocenters. The van der Waals surface area contributed by atoms with Crippen LogP contribution < -0.4 is 5.32 Å². The first-order valence-electron chi connectivity index (χ1n) is 14.0. The van der Waals surface area contributed by atoms with Gasteiger partial charge in [0.05, 0.1) is 6.20 Å². The van der Waals surface area contributed by atoms with E-state index in [0.29, 0.717) is 12.0 Å². The molecule has 1 saturated heterocycles. The Labute approximate surface area is 223 Å². The van der Waals surface area contributed by atoms with E-state index in [1.807, 2.05) is 12.3 Å². The number of aromatic nitrogens is 2. The van der Waals surface area contributed by atoms with Gasteiger partial charge in [-0.2, -0.15) is 5.10 Å². The minimum Gasteiger partial charge on any atom is -0.357 e. The van der Waals surface area contributed by atoms with Crippen LogP contribution in [0.2, 0.25) is 0 Å². The Morgan fingerprint density at radius 1 is 1.27 bits per heavy atom. The standard InChI is InChI=1S/C31H45N5O/c1-6-7-11-30(31(37)32-5)36-22-27-17-25(13-15-29(27)24(36)4)12-14-28-10-8-9-16-34(28)20-26-18-33-35(21-26)19-23(2)3/h6,13,15,17-18,21,23,28,30H,1,4,7-12,14,16,19-20,22H2,2-3,5H3,(H,32,37). The van der Waals surface area contributed by atoms with Crippen molar-refractivity contribution in [3.05, 3.63) is 72.1 Å². The van der Waals surface area contributed by atoms with E-state index in [2.05, 4.69) is 76.3 Å². The molecule has 0 radical (unpaired) electrons. The van der Waals surface area contributed by atoms with E-state index in [1.54, 1.807) is 7.05 Å². The molecule has 0 spiro atoms. The highest BCUT2D eigenvalue weighted by atomic mass is 16.2. The molecule has 0 bridgehead atoms. The van der Waals surface area contributed by atoms with Crippen molar-refractivity contribution in [2.24, 2.45) is 5.92 Å². The molecule has 1 fully saturated rings. The van der Waals surface area contributed by atoms with Crippen LogP contribution in [-0.4, -0.2) is 51.2 Å². The lowest BCUT2D eigenvalue weighted by Gasteiger charge is -2.35. The fourth-order valence-electron chi connectivity index (χ4n) is 5.94. The molecule has 3 heterocycles. The number of allylic oxidation sites excluding steroid dienone is 1. The first-order valence-corrected chi connectivity index (χ1v) is 14.0. The summed E-state index contributed by atoms with van der Waals surface area (Å²) in [5.41, 5.74) is 6.12. The molecule has 200 valence electrons. The number of hydrogen-bond acceptors (Lipinski definition) is 4. The van der Waals surface area contributed by atoms with Crippen LogP contribution in [0.4, 0.5) is 0 Å². The van der Waals surface area contributed by atoms with Crippen LogP contribution in [-0.2, 0) is 30.8 Å². The third kappa shape index (κ3) is 6.72. The van der Waals surface area contributed by atoms with Crippen molar-refractivity contribution in [2.45, 2.75) is 90.5 Å². The van der Waals surface area contributed by atoms with Crippen LogP contribution in [0.5, 0.6) is 0 Å². The van der Waals surface area contributed by atoms with Gasteiger partial charge < -0.3 is 10.2 Å². The van der Waals surface area contributed by atoms with Crippen LogP contribution in [0.25, 0.3) is 5.70 Å². The molecule has 1 aromatic heterocycles.